The van der Waals surface area contributed by atoms with E-state index in [-0.39, 0.29) is 22.5 Å². The average molecular weight is 540 g/mol. The number of carbonyl (C=O) groups excluding carboxylic acids is 1. The largest absolute Gasteiger partial charge is 0.484 e. The highest BCUT2D eigenvalue weighted by atomic mass is 19.4. The molecule has 0 aliphatic heterocycles. The van der Waals surface area contributed by atoms with Gasteiger partial charge in [0.05, 0.1) is 5.39 Å². The van der Waals surface area contributed by atoms with Gasteiger partial charge in [0.2, 0.25) is 11.2 Å². The third kappa shape index (κ3) is 6.08. The zero-order chi connectivity index (χ0) is 28.3. The first-order chi connectivity index (χ1) is 18.5. The van der Waals surface area contributed by atoms with Gasteiger partial charge in [-0.2, -0.15) is 13.2 Å². The number of amides is 1. The monoisotopic (exact) mass is 539 g/mol. The molecule has 204 valence electrons. The van der Waals surface area contributed by atoms with Crippen molar-refractivity contribution in [2.75, 3.05) is 11.9 Å². The topological polar surface area (TPSA) is 77.8 Å². The van der Waals surface area contributed by atoms with Gasteiger partial charge in [0, 0.05) is 11.8 Å². The van der Waals surface area contributed by atoms with Crippen LogP contribution < -0.4 is 20.2 Å². The van der Waals surface area contributed by atoms with Crippen LogP contribution >= 0.6 is 0 Å². The quantitative estimate of drug-likeness (QED) is 0.253. The number of benzene rings is 3. The molecule has 3 aromatic carbocycles. The number of fused-ring (bicyclic) bond motifs is 1. The second kappa shape index (κ2) is 11.2. The fourth-order valence-electron chi connectivity index (χ4n) is 4.18. The van der Waals surface area contributed by atoms with Gasteiger partial charge in [-0.05, 0) is 67.1 Å². The first-order valence-corrected chi connectivity index (χ1v) is 12.5. The third-order valence-corrected chi connectivity index (χ3v) is 6.27. The van der Waals surface area contributed by atoms with Crippen molar-refractivity contribution in [1.29, 1.82) is 0 Å². The first-order valence-electron chi connectivity index (χ1n) is 12.5. The molecule has 9 heteroatoms. The number of carbonyl (C=O) groups is 1. The Labute approximate surface area is 223 Å². The minimum atomic E-state index is -5.00. The van der Waals surface area contributed by atoms with Crippen LogP contribution in [0.25, 0.3) is 11.0 Å². The Hall–Kier alpha value is -4.27. The SMILES string of the molecule is CCc1cccc(CC)c1NC(=O)COc1ccc2c(=O)c(Oc3cc(C)ccc3C)c(C(F)(F)F)oc2c1. The molecule has 0 radical (unpaired) electrons. The summed E-state index contributed by atoms with van der Waals surface area (Å²) in [5.74, 6) is -2.75. The minimum Gasteiger partial charge on any atom is -0.484 e. The maximum absolute atomic E-state index is 13.9. The Morgan fingerprint density at radius 3 is 2.31 bits per heavy atom. The van der Waals surface area contributed by atoms with E-state index < -0.39 is 35.6 Å². The Morgan fingerprint density at radius 2 is 1.67 bits per heavy atom. The second-order valence-corrected chi connectivity index (χ2v) is 9.11. The standard InChI is InChI=1S/C30H28F3NO5/c1-5-19-8-7-9-20(6-2)26(19)34-25(35)16-37-21-12-13-22-24(15-21)39-29(30(31,32)33)28(27(22)36)38-23-14-17(3)10-11-18(23)4/h7-15H,5-6,16H2,1-4H3,(H,34,35). The molecule has 0 spiro atoms. The van der Waals surface area contributed by atoms with Gasteiger partial charge in [0.15, 0.2) is 6.61 Å². The Balaban J connectivity index is 1.62. The summed E-state index contributed by atoms with van der Waals surface area (Å²) in [5.41, 5.74) is 2.68. The summed E-state index contributed by atoms with van der Waals surface area (Å²) in [6.07, 6.45) is -3.55. The van der Waals surface area contributed by atoms with E-state index in [9.17, 15) is 22.8 Å². The van der Waals surface area contributed by atoms with Gasteiger partial charge in [-0.3, -0.25) is 9.59 Å². The Kier molecular flexibility index (Phi) is 7.99. The van der Waals surface area contributed by atoms with Crippen LogP contribution in [-0.2, 0) is 23.8 Å². The smallest absolute Gasteiger partial charge is 0.453 e. The van der Waals surface area contributed by atoms with Crippen molar-refractivity contribution in [3.63, 3.8) is 0 Å². The molecule has 4 rings (SSSR count). The van der Waals surface area contributed by atoms with Gasteiger partial charge in [-0.1, -0.05) is 44.2 Å². The maximum atomic E-state index is 13.9. The van der Waals surface area contributed by atoms with E-state index in [0.717, 1.165) is 41.3 Å². The number of anilines is 1. The lowest BCUT2D eigenvalue weighted by Gasteiger charge is -2.16. The predicted molar refractivity (Wildman–Crippen MR) is 143 cm³/mol. The van der Waals surface area contributed by atoms with Crippen molar-refractivity contribution in [3.8, 4) is 17.2 Å². The highest BCUT2D eigenvalue weighted by Crippen LogP contribution is 2.39. The Morgan fingerprint density at radius 1 is 0.974 bits per heavy atom. The normalized spacial score (nSPS) is 11.5. The van der Waals surface area contributed by atoms with Crippen LogP contribution in [0.3, 0.4) is 0 Å². The summed E-state index contributed by atoms with van der Waals surface area (Å²) >= 11 is 0. The zero-order valence-electron chi connectivity index (χ0n) is 22.0. The predicted octanol–water partition coefficient (Wildman–Crippen LogP) is 7.36. The molecule has 0 aliphatic carbocycles. The molecule has 6 nitrogen and oxygen atoms in total. The molecule has 0 fully saturated rings. The van der Waals surface area contributed by atoms with Crippen LogP contribution in [0.2, 0.25) is 0 Å². The minimum absolute atomic E-state index is 0.0663. The molecule has 0 bridgehead atoms. The van der Waals surface area contributed by atoms with E-state index in [2.05, 4.69) is 5.32 Å². The van der Waals surface area contributed by atoms with Crippen LogP contribution in [0.15, 0.2) is 63.8 Å². The van der Waals surface area contributed by atoms with Gasteiger partial charge in [-0.25, -0.2) is 0 Å². The number of hydrogen-bond acceptors (Lipinski definition) is 5. The molecule has 39 heavy (non-hydrogen) atoms. The third-order valence-electron chi connectivity index (χ3n) is 6.27. The van der Waals surface area contributed by atoms with Crippen molar-refractivity contribution in [3.05, 3.63) is 92.8 Å². The molecule has 4 aromatic rings. The molecular formula is C30H28F3NO5. The number of aryl methyl sites for hydroxylation is 4. The summed E-state index contributed by atoms with van der Waals surface area (Å²) in [6, 6.07) is 14.6. The van der Waals surface area contributed by atoms with Gasteiger partial charge in [-0.15, -0.1) is 0 Å². The van der Waals surface area contributed by atoms with E-state index in [1.807, 2.05) is 32.0 Å². The average Bonchev–Trinajstić information content (AvgIpc) is 2.90. The molecule has 0 aliphatic rings. The van der Waals surface area contributed by atoms with E-state index in [4.69, 9.17) is 13.9 Å². The van der Waals surface area contributed by atoms with Gasteiger partial charge in [0.25, 0.3) is 11.7 Å². The highest BCUT2D eigenvalue weighted by molar-refractivity contribution is 5.93. The van der Waals surface area contributed by atoms with Crippen molar-refractivity contribution in [2.45, 2.75) is 46.7 Å². The van der Waals surface area contributed by atoms with E-state index in [1.165, 1.54) is 12.1 Å². The number of ether oxygens (including phenoxy) is 2. The molecule has 1 amide bonds. The molecule has 0 unspecified atom stereocenters. The molecular weight excluding hydrogens is 511 g/mol. The van der Waals surface area contributed by atoms with Crippen molar-refractivity contribution < 1.29 is 31.9 Å². The molecule has 1 aromatic heterocycles. The highest BCUT2D eigenvalue weighted by Gasteiger charge is 2.40. The summed E-state index contributed by atoms with van der Waals surface area (Å²) in [6.45, 7) is 6.99. The summed E-state index contributed by atoms with van der Waals surface area (Å²) in [7, 11) is 0. The van der Waals surface area contributed by atoms with Gasteiger partial charge in [0.1, 0.15) is 17.1 Å². The second-order valence-electron chi connectivity index (χ2n) is 9.11. The van der Waals surface area contributed by atoms with E-state index >= 15 is 0 Å². The van der Waals surface area contributed by atoms with Crippen molar-refractivity contribution >= 4 is 22.6 Å². The number of halogens is 3. The van der Waals surface area contributed by atoms with E-state index in [0.29, 0.717) is 5.56 Å². The van der Waals surface area contributed by atoms with Crippen LogP contribution in [0.5, 0.6) is 17.2 Å². The van der Waals surface area contributed by atoms with Gasteiger partial charge < -0.3 is 19.2 Å². The van der Waals surface area contributed by atoms with Crippen molar-refractivity contribution in [1.82, 2.24) is 0 Å². The van der Waals surface area contributed by atoms with Crippen LogP contribution in [0.1, 0.15) is 41.9 Å². The number of rotatable bonds is 8. The molecule has 0 saturated heterocycles. The molecule has 0 atom stereocenters. The van der Waals surface area contributed by atoms with Crippen molar-refractivity contribution in [2.24, 2.45) is 0 Å². The van der Waals surface area contributed by atoms with Crippen LogP contribution in [0, 0.1) is 13.8 Å². The van der Waals surface area contributed by atoms with Crippen LogP contribution in [0.4, 0.5) is 18.9 Å². The first kappa shape index (κ1) is 27.8. The Bertz CT molecular complexity index is 1570. The number of alkyl halides is 3. The lowest BCUT2D eigenvalue weighted by molar-refractivity contribution is -0.154. The summed E-state index contributed by atoms with van der Waals surface area (Å²) in [5, 5.41) is 2.74. The lowest BCUT2D eigenvalue weighted by Crippen LogP contribution is -2.22. The van der Waals surface area contributed by atoms with Gasteiger partial charge >= 0.3 is 6.18 Å². The molecule has 1 N–H and O–H groups in total. The number of nitrogens with one attached hydrogen (secondary N) is 1. The summed E-state index contributed by atoms with van der Waals surface area (Å²) in [4.78, 5) is 25.7. The fraction of sp³-hybridized carbons (Fsp3) is 0.267. The number of para-hydroxylation sites is 1. The maximum Gasteiger partial charge on any atom is 0.453 e. The van der Waals surface area contributed by atoms with E-state index in [1.54, 1.807) is 32.0 Å². The zero-order valence-corrected chi connectivity index (χ0v) is 22.0. The molecule has 1 heterocycles. The number of hydrogen-bond donors (Lipinski definition) is 1. The van der Waals surface area contributed by atoms with Crippen LogP contribution in [-0.4, -0.2) is 12.5 Å². The summed E-state index contributed by atoms with van der Waals surface area (Å²) < 4.78 is 57.9. The lowest BCUT2D eigenvalue weighted by atomic mass is 10.0. The fourth-order valence-corrected chi connectivity index (χ4v) is 4.18. The molecule has 0 saturated carbocycles.